The number of benzene rings is 3. The summed E-state index contributed by atoms with van der Waals surface area (Å²) in [5, 5.41) is 22.8. The molecule has 0 bridgehead atoms. The number of alkyl halides is 3. The maximum Gasteiger partial charge on any atom is 0.401 e. The van der Waals surface area contributed by atoms with Crippen LogP contribution in [0.3, 0.4) is 0 Å². The van der Waals surface area contributed by atoms with E-state index >= 15 is 0 Å². The summed E-state index contributed by atoms with van der Waals surface area (Å²) in [6.45, 7) is 26.6. The number of halogens is 3. The van der Waals surface area contributed by atoms with Gasteiger partial charge in [0.25, 0.3) is 0 Å². The van der Waals surface area contributed by atoms with E-state index < -0.39 is 22.8 Å². The Morgan fingerprint density at radius 2 is 1.50 bits per heavy atom. The molecule has 5 rings (SSSR count). The molecule has 0 amide bonds. The van der Waals surface area contributed by atoms with Gasteiger partial charge in [-0.3, -0.25) is 9.78 Å². The molecule has 0 spiro atoms. The van der Waals surface area contributed by atoms with Crippen LogP contribution in [-0.4, -0.2) is 22.1 Å². The number of ketones is 1. The van der Waals surface area contributed by atoms with Gasteiger partial charge in [0.15, 0.2) is 5.78 Å². The van der Waals surface area contributed by atoms with Crippen LogP contribution >= 0.6 is 11.3 Å². The van der Waals surface area contributed by atoms with Crippen LogP contribution in [0, 0.1) is 54.4 Å². The number of nitrogens with zero attached hydrogens (tertiary/aromatic N) is 2. The second-order valence-electron chi connectivity index (χ2n) is 18.4. The molecule has 56 heavy (non-hydrogen) atoms. The van der Waals surface area contributed by atoms with E-state index in [4.69, 9.17) is 4.98 Å². The van der Waals surface area contributed by atoms with Gasteiger partial charge >= 0.3 is 6.18 Å². The number of hydrogen-bond donors (Lipinski definition) is 1. The maximum atomic E-state index is 12.5. The van der Waals surface area contributed by atoms with Gasteiger partial charge in [-0.05, 0) is 79.7 Å². The van der Waals surface area contributed by atoms with Crippen LogP contribution in [-0.2, 0) is 36.7 Å². The number of aromatic nitrogens is 1. The van der Waals surface area contributed by atoms with E-state index in [1.165, 1.54) is 38.1 Å². The second kappa shape index (κ2) is 16.6. The number of aliphatic hydroxyl groups excluding tert-OH is 1. The fraction of sp³-hybridized carbons (Fsp3) is 0.426. The number of aliphatic hydroxyl groups is 1. The number of thiophene rings is 1. The van der Waals surface area contributed by atoms with E-state index in [-0.39, 0.29) is 36.7 Å². The summed E-state index contributed by atoms with van der Waals surface area (Å²) in [6.07, 6.45) is -1.18. The third kappa shape index (κ3) is 9.99. The van der Waals surface area contributed by atoms with Crippen molar-refractivity contribution in [2.24, 2.45) is 16.2 Å². The molecule has 301 valence electrons. The van der Waals surface area contributed by atoms with Crippen LogP contribution in [0.2, 0.25) is 0 Å². The first-order valence-electron chi connectivity index (χ1n) is 18.5. The average molecular weight is 960 g/mol. The predicted molar refractivity (Wildman–Crippen MR) is 223 cm³/mol. The van der Waals surface area contributed by atoms with Gasteiger partial charge in [-0.25, -0.2) is 0 Å². The number of pyridine rings is 1. The van der Waals surface area contributed by atoms with Gasteiger partial charge in [0, 0.05) is 58.5 Å². The third-order valence-electron chi connectivity index (χ3n) is 9.83. The predicted octanol–water partition coefficient (Wildman–Crippen LogP) is 13.9. The summed E-state index contributed by atoms with van der Waals surface area (Å²) in [6, 6.07) is 21.5. The molecule has 0 saturated carbocycles. The number of carbonyl (C=O) groups excluding carboxylic acids is 1. The van der Waals surface area contributed by atoms with Crippen molar-refractivity contribution in [3.63, 3.8) is 0 Å². The topological polar surface area (TPSA) is 74.0 Å². The summed E-state index contributed by atoms with van der Waals surface area (Å²) >= 11 is 1.76. The first-order valence-corrected chi connectivity index (χ1v) is 19.3. The van der Waals surface area contributed by atoms with Crippen LogP contribution in [0.25, 0.3) is 42.6 Å². The van der Waals surface area contributed by atoms with Gasteiger partial charge in [0.1, 0.15) is 17.2 Å². The van der Waals surface area contributed by atoms with Crippen LogP contribution in [0.4, 0.5) is 13.2 Å². The fourth-order valence-electron chi connectivity index (χ4n) is 6.54. The van der Waals surface area contributed by atoms with Crippen LogP contribution in [0.1, 0.15) is 110 Å². The fourth-order valence-corrected chi connectivity index (χ4v) is 8.04. The summed E-state index contributed by atoms with van der Waals surface area (Å²) in [5.41, 5.74) is 7.14. The van der Waals surface area contributed by atoms with E-state index in [0.717, 1.165) is 52.6 Å². The SMILES string of the molecule is CC(C)(C)/C(O)=C/C(=O)C(C)(C)C(F)(F)F.Cc1cc(CC(C)(C)C)cc(C)c1-c1sc2c(-c3[c-]c4ccccc4c(C(C)(C)C)c3)ncc(C#N)c2c1C.[Ir]. The zero-order chi connectivity index (χ0) is 41.6. The average Bonchev–Trinajstić information content (AvgIpc) is 3.37. The van der Waals surface area contributed by atoms with Crippen molar-refractivity contribution in [1.29, 1.82) is 5.26 Å². The molecule has 1 radical (unpaired) electrons. The molecule has 9 heteroatoms. The quantitative estimate of drug-likeness (QED) is 0.108. The standard InChI is InChI=1S/C36H37N2S.C11H17F3O2.Ir/c1-21-14-24(18-35(4,5)6)15-22(2)30(21)33-23(3)31-27(19-37)20-38-32(34(31)39-33)26-16-25-12-10-11-13-28(25)29(17-26)36(7,8)9;1-9(2,3)7(15)6-8(16)10(4,5)11(12,13)14;/h10-15,17,20H,18H2,1-9H3;6,15H,1-5H3;/q-1;;/b;7-6-;. The minimum atomic E-state index is -4.63. The summed E-state index contributed by atoms with van der Waals surface area (Å²) in [5.74, 6) is -1.50. The molecule has 0 atom stereocenters. The molecular formula is C47H54F3IrN2O2S-. The van der Waals surface area contributed by atoms with Crippen LogP contribution in [0.5, 0.6) is 0 Å². The zero-order valence-corrected chi connectivity index (χ0v) is 38.2. The Hall–Kier alpha value is -3.83. The Balaban J connectivity index is 0.000000421. The molecule has 2 aromatic heterocycles. The number of aryl methyl sites for hydroxylation is 3. The number of nitriles is 1. The Morgan fingerprint density at radius 1 is 0.929 bits per heavy atom. The normalized spacial score (nSPS) is 12.9. The van der Waals surface area contributed by atoms with Crippen molar-refractivity contribution >= 4 is 38.0 Å². The van der Waals surface area contributed by atoms with Crippen molar-refractivity contribution in [3.05, 3.63) is 99.9 Å². The molecule has 0 saturated heterocycles. The Morgan fingerprint density at radius 3 is 2.00 bits per heavy atom. The van der Waals surface area contributed by atoms with Crippen molar-refractivity contribution in [2.75, 3.05) is 0 Å². The zero-order valence-electron chi connectivity index (χ0n) is 35.0. The van der Waals surface area contributed by atoms with Crippen molar-refractivity contribution in [3.8, 4) is 27.8 Å². The number of rotatable bonds is 5. The van der Waals surface area contributed by atoms with Crippen molar-refractivity contribution in [2.45, 2.75) is 115 Å². The molecule has 0 unspecified atom stereocenters. The van der Waals surface area contributed by atoms with Gasteiger partial charge in [0.2, 0.25) is 0 Å². The second-order valence-corrected chi connectivity index (χ2v) is 19.4. The van der Waals surface area contributed by atoms with E-state index in [1.807, 2.05) is 0 Å². The molecule has 5 aromatic rings. The largest absolute Gasteiger partial charge is 0.512 e. The summed E-state index contributed by atoms with van der Waals surface area (Å²) in [4.78, 5) is 17.5. The first kappa shape index (κ1) is 46.6. The van der Waals surface area contributed by atoms with Crippen molar-refractivity contribution < 1.29 is 43.2 Å². The van der Waals surface area contributed by atoms with Gasteiger partial charge in [0.05, 0.1) is 5.56 Å². The third-order valence-corrected chi connectivity index (χ3v) is 11.1. The van der Waals surface area contributed by atoms with Gasteiger partial charge in [-0.15, -0.1) is 40.5 Å². The molecule has 2 heterocycles. The minimum absolute atomic E-state index is 0. The Labute approximate surface area is 348 Å². The Bertz CT molecular complexity index is 2320. The van der Waals surface area contributed by atoms with E-state index in [0.29, 0.717) is 11.6 Å². The minimum Gasteiger partial charge on any atom is -0.512 e. The van der Waals surface area contributed by atoms with Gasteiger partial charge < -0.3 is 5.11 Å². The molecule has 0 fully saturated rings. The van der Waals surface area contributed by atoms with E-state index in [2.05, 4.69) is 117 Å². The molecule has 0 aliphatic carbocycles. The van der Waals surface area contributed by atoms with Crippen LogP contribution < -0.4 is 0 Å². The Kier molecular flexibility index (Phi) is 13.8. The molecule has 4 nitrogen and oxygen atoms in total. The smallest absolute Gasteiger partial charge is 0.401 e. The molecule has 0 aliphatic heterocycles. The molecular weight excluding hydrogens is 906 g/mol. The first-order chi connectivity index (χ1) is 25.1. The van der Waals surface area contributed by atoms with Crippen molar-refractivity contribution in [1.82, 2.24) is 4.98 Å². The number of allylic oxidation sites excluding steroid dienone is 2. The summed E-state index contributed by atoms with van der Waals surface area (Å²) < 4.78 is 38.6. The van der Waals surface area contributed by atoms with Gasteiger partial charge in [-0.2, -0.15) is 18.4 Å². The van der Waals surface area contributed by atoms with Crippen LogP contribution in [0.15, 0.2) is 60.5 Å². The van der Waals surface area contributed by atoms with Gasteiger partial charge in [-0.1, -0.05) is 104 Å². The molecule has 0 aliphatic rings. The van der Waals surface area contributed by atoms with E-state index in [9.17, 15) is 28.3 Å². The molecule has 1 N–H and O–H groups in total. The number of carbonyl (C=O) groups is 1. The van der Waals surface area contributed by atoms with E-state index in [1.54, 1.807) is 38.3 Å². The monoisotopic (exact) mass is 960 g/mol. The number of hydrogen-bond acceptors (Lipinski definition) is 5. The summed E-state index contributed by atoms with van der Waals surface area (Å²) in [7, 11) is 0. The maximum absolute atomic E-state index is 12.5. The molecule has 3 aromatic carbocycles. The number of fused-ring (bicyclic) bond motifs is 2.